The van der Waals surface area contributed by atoms with Crippen LogP contribution in [0.4, 0.5) is 0 Å². The van der Waals surface area contributed by atoms with E-state index in [1.54, 1.807) is 0 Å². The highest BCUT2D eigenvalue weighted by Crippen LogP contribution is 2.07. The van der Waals surface area contributed by atoms with Crippen LogP contribution < -0.4 is 11.1 Å². The van der Waals surface area contributed by atoms with Crippen LogP contribution in [0.3, 0.4) is 0 Å². The third-order valence-corrected chi connectivity index (χ3v) is 3.85. The first kappa shape index (κ1) is 15.2. The van der Waals surface area contributed by atoms with Crippen molar-refractivity contribution >= 4 is 5.78 Å². The first-order valence-corrected chi connectivity index (χ1v) is 7.55. The van der Waals surface area contributed by atoms with E-state index in [1.807, 2.05) is 24.3 Å². The van der Waals surface area contributed by atoms with E-state index in [9.17, 15) is 4.79 Å². The number of hydrogen-bond acceptors (Lipinski definition) is 4. The van der Waals surface area contributed by atoms with E-state index < -0.39 is 0 Å². The van der Waals surface area contributed by atoms with Gasteiger partial charge in [0, 0.05) is 25.2 Å². The van der Waals surface area contributed by atoms with E-state index in [2.05, 4.69) is 10.2 Å². The zero-order valence-electron chi connectivity index (χ0n) is 12.1. The Hall–Kier alpha value is -1.23. The molecule has 1 aliphatic heterocycles. The van der Waals surface area contributed by atoms with Crippen molar-refractivity contribution in [1.82, 2.24) is 10.2 Å². The van der Waals surface area contributed by atoms with Crippen molar-refractivity contribution in [3.05, 3.63) is 35.4 Å². The van der Waals surface area contributed by atoms with Gasteiger partial charge in [-0.3, -0.25) is 4.79 Å². The molecule has 0 bridgehead atoms. The van der Waals surface area contributed by atoms with Crippen LogP contribution in [-0.2, 0) is 6.54 Å². The van der Waals surface area contributed by atoms with E-state index in [0.29, 0.717) is 13.1 Å². The zero-order chi connectivity index (χ0) is 14.2. The molecule has 1 aromatic rings. The predicted octanol–water partition coefficient (Wildman–Crippen LogP) is 1.40. The second-order valence-electron chi connectivity index (χ2n) is 5.40. The SMILES string of the molecule is NCc1ccc(C(=O)CNCCN2CCCCC2)cc1. The van der Waals surface area contributed by atoms with Gasteiger partial charge in [0.15, 0.2) is 5.78 Å². The van der Waals surface area contributed by atoms with Crippen LogP contribution in [0.25, 0.3) is 0 Å². The molecular weight excluding hydrogens is 250 g/mol. The minimum absolute atomic E-state index is 0.146. The molecule has 0 amide bonds. The molecule has 0 saturated carbocycles. The van der Waals surface area contributed by atoms with Crippen LogP contribution in [0.15, 0.2) is 24.3 Å². The summed E-state index contributed by atoms with van der Waals surface area (Å²) in [7, 11) is 0. The summed E-state index contributed by atoms with van der Waals surface area (Å²) in [5, 5.41) is 3.24. The highest BCUT2D eigenvalue weighted by atomic mass is 16.1. The molecule has 1 aromatic carbocycles. The fourth-order valence-electron chi connectivity index (χ4n) is 2.55. The molecule has 0 spiro atoms. The average Bonchev–Trinajstić information content (AvgIpc) is 2.52. The molecule has 20 heavy (non-hydrogen) atoms. The van der Waals surface area contributed by atoms with Gasteiger partial charge in [0.1, 0.15) is 0 Å². The number of benzene rings is 1. The van der Waals surface area contributed by atoms with E-state index >= 15 is 0 Å². The molecule has 0 radical (unpaired) electrons. The number of nitrogens with one attached hydrogen (secondary N) is 1. The first-order chi connectivity index (χ1) is 9.79. The maximum atomic E-state index is 12.0. The summed E-state index contributed by atoms with van der Waals surface area (Å²) in [6, 6.07) is 7.55. The van der Waals surface area contributed by atoms with E-state index in [1.165, 1.54) is 32.4 Å². The number of rotatable bonds is 7. The van der Waals surface area contributed by atoms with Crippen LogP contribution in [0.5, 0.6) is 0 Å². The summed E-state index contributed by atoms with van der Waals surface area (Å²) in [5.41, 5.74) is 7.36. The van der Waals surface area contributed by atoms with Crippen molar-refractivity contribution in [2.24, 2.45) is 5.73 Å². The fourth-order valence-corrected chi connectivity index (χ4v) is 2.55. The summed E-state index contributed by atoms with van der Waals surface area (Å²) in [6.45, 7) is 5.26. The molecule has 0 atom stereocenters. The smallest absolute Gasteiger partial charge is 0.176 e. The van der Waals surface area contributed by atoms with Gasteiger partial charge in [-0.1, -0.05) is 30.7 Å². The maximum absolute atomic E-state index is 12.0. The van der Waals surface area contributed by atoms with Crippen LogP contribution >= 0.6 is 0 Å². The fraction of sp³-hybridized carbons (Fsp3) is 0.562. The zero-order valence-corrected chi connectivity index (χ0v) is 12.1. The number of nitrogens with two attached hydrogens (primary N) is 1. The molecule has 0 aromatic heterocycles. The lowest BCUT2D eigenvalue weighted by Crippen LogP contribution is -2.37. The summed E-state index contributed by atoms with van der Waals surface area (Å²) >= 11 is 0. The van der Waals surface area contributed by atoms with Crippen LogP contribution in [0.1, 0.15) is 35.2 Å². The second kappa shape index (κ2) is 8.15. The quantitative estimate of drug-likeness (QED) is 0.583. The molecule has 1 saturated heterocycles. The number of carbonyl (C=O) groups is 1. The van der Waals surface area contributed by atoms with Crippen molar-refractivity contribution in [2.75, 3.05) is 32.7 Å². The monoisotopic (exact) mass is 275 g/mol. The minimum Gasteiger partial charge on any atom is -0.326 e. The highest BCUT2D eigenvalue weighted by Gasteiger charge is 2.09. The Morgan fingerprint density at radius 2 is 1.85 bits per heavy atom. The van der Waals surface area contributed by atoms with Crippen molar-refractivity contribution in [2.45, 2.75) is 25.8 Å². The molecule has 4 nitrogen and oxygen atoms in total. The molecule has 110 valence electrons. The number of piperidine rings is 1. The first-order valence-electron chi connectivity index (χ1n) is 7.55. The molecule has 2 rings (SSSR count). The van der Waals surface area contributed by atoms with Crippen LogP contribution in [-0.4, -0.2) is 43.4 Å². The number of hydrogen-bond donors (Lipinski definition) is 2. The molecule has 1 aliphatic rings. The highest BCUT2D eigenvalue weighted by molar-refractivity contribution is 5.97. The van der Waals surface area contributed by atoms with Crippen molar-refractivity contribution in [3.8, 4) is 0 Å². The van der Waals surface area contributed by atoms with Crippen LogP contribution in [0.2, 0.25) is 0 Å². The van der Waals surface area contributed by atoms with Gasteiger partial charge < -0.3 is 16.0 Å². The van der Waals surface area contributed by atoms with Gasteiger partial charge in [0.2, 0.25) is 0 Å². The Bertz CT molecular complexity index is 410. The van der Waals surface area contributed by atoms with Gasteiger partial charge in [-0.2, -0.15) is 0 Å². The molecule has 1 heterocycles. The van der Waals surface area contributed by atoms with E-state index in [-0.39, 0.29) is 5.78 Å². The summed E-state index contributed by atoms with van der Waals surface area (Å²) in [4.78, 5) is 14.5. The lowest BCUT2D eigenvalue weighted by Gasteiger charge is -2.26. The lowest BCUT2D eigenvalue weighted by atomic mass is 10.1. The molecule has 4 heteroatoms. The van der Waals surface area contributed by atoms with E-state index in [0.717, 1.165) is 24.2 Å². The van der Waals surface area contributed by atoms with Gasteiger partial charge in [0.25, 0.3) is 0 Å². The van der Waals surface area contributed by atoms with Gasteiger partial charge in [-0.15, -0.1) is 0 Å². The standard InChI is InChI=1S/C16H25N3O/c17-12-14-4-6-15(7-5-14)16(20)13-18-8-11-19-9-2-1-3-10-19/h4-7,18H,1-3,8-13,17H2. The molecule has 1 fully saturated rings. The lowest BCUT2D eigenvalue weighted by molar-refractivity contribution is 0.0989. The third-order valence-electron chi connectivity index (χ3n) is 3.85. The molecule has 0 unspecified atom stereocenters. The Balaban J connectivity index is 1.66. The maximum Gasteiger partial charge on any atom is 0.176 e. The Labute approximate surface area is 121 Å². The van der Waals surface area contributed by atoms with Crippen molar-refractivity contribution < 1.29 is 4.79 Å². The molecule has 0 aliphatic carbocycles. The molecule has 3 N–H and O–H groups in total. The van der Waals surface area contributed by atoms with E-state index in [4.69, 9.17) is 5.73 Å². The van der Waals surface area contributed by atoms with Crippen LogP contribution in [0, 0.1) is 0 Å². The van der Waals surface area contributed by atoms with Gasteiger partial charge >= 0.3 is 0 Å². The number of Topliss-reactive ketones (excluding diaryl/α,β-unsaturated/α-hetero) is 1. The van der Waals surface area contributed by atoms with Gasteiger partial charge in [-0.05, 0) is 31.5 Å². The molecular formula is C16H25N3O. The number of likely N-dealkylation sites (tertiary alicyclic amines) is 1. The number of ketones is 1. The average molecular weight is 275 g/mol. The van der Waals surface area contributed by atoms with Crippen molar-refractivity contribution in [1.29, 1.82) is 0 Å². The largest absolute Gasteiger partial charge is 0.326 e. The minimum atomic E-state index is 0.146. The van der Waals surface area contributed by atoms with Crippen molar-refractivity contribution in [3.63, 3.8) is 0 Å². The normalized spacial score (nSPS) is 16.2. The summed E-state index contributed by atoms with van der Waals surface area (Å²) < 4.78 is 0. The predicted molar refractivity (Wildman–Crippen MR) is 81.8 cm³/mol. The third kappa shape index (κ3) is 4.71. The second-order valence-corrected chi connectivity index (χ2v) is 5.40. The van der Waals surface area contributed by atoms with Gasteiger partial charge in [-0.25, -0.2) is 0 Å². The van der Waals surface area contributed by atoms with Gasteiger partial charge in [0.05, 0.1) is 6.54 Å². The topological polar surface area (TPSA) is 58.4 Å². The Morgan fingerprint density at radius 1 is 1.15 bits per heavy atom. The Kier molecular flexibility index (Phi) is 6.18. The summed E-state index contributed by atoms with van der Waals surface area (Å²) in [5.74, 6) is 0.146. The summed E-state index contributed by atoms with van der Waals surface area (Å²) in [6.07, 6.45) is 3.99. The number of carbonyl (C=O) groups excluding carboxylic acids is 1. The number of nitrogens with zero attached hydrogens (tertiary/aromatic N) is 1. The Morgan fingerprint density at radius 3 is 2.50 bits per heavy atom.